The van der Waals surface area contributed by atoms with Crippen LogP contribution in [-0.2, 0) is 4.79 Å². The standard InChI is InChI=1S/C12H23NO/c1-4-6-8-11(9-7-5-2)10(3)12(13)14/h4-9H2,1-3H3,(H2,13,14). The van der Waals surface area contributed by atoms with Gasteiger partial charge in [0.15, 0.2) is 0 Å². The van der Waals surface area contributed by atoms with Gasteiger partial charge in [0.1, 0.15) is 0 Å². The number of carbonyl (C=O) groups excluding carboxylic acids is 1. The van der Waals surface area contributed by atoms with Crippen molar-refractivity contribution in [2.24, 2.45) is 5.73 Å². The van der Waals surface area contributed by atoms with E-state index in [1.807, 2.05) is 6.92 Å². The molecule has 0 aromatic heterocycles. The van der Waals surface area contributed by atoms with E-state index in [1.54, 1.807) is 0 Å². The van der Waals surface area contributed by atoms with Gasteiger partial charge in [-0.15, -0.1) is 0 Å². The predicted octanol–water partition coefficient (Wildman–Crippen LogP) is 3.17. The molecule has 0 rings (SSSR count). The third-order valence-electron chi connectivity index (χ3n) is 2.56. The van der Waals surface area contributed by atoms with Gasteiger partial charge in [0, 0.05) is 5.57 Å². The highest BCUT2D eigenvalue weighted by Crippen LogP contribution is 2.18. The van der Waals surface area contributed by atoms with Crippen molar-refractivity contribution in [2.75, 3.05) is 0 Å². The first kappa shape index (κ1) is 13.2. The number of allylic oxidation sites excluding steroid dienone is 1. The van der Waals surface area contributed by atoms with Gasteiger partial charge in [0.25, 0.3) is 0 Å². The van der Waals surface area contributed by atoms with Gasteiger partial charge in [-0.3, -0.25) is 4.79 Å². The molecule has 0 aliphatic heterocycles. The minimum absolute atomic E-state index is 0.257. The van der Waals surface area contributed by atoms with Gasteiger partial charge < -0.3 is 5.73 Å². The molecule has 2 heteroatoms. The van der Waals surface area contributed by atoms with Crippen molar-refractivity contribution >= 4 is 5.91 Å². The van der Waals surface area contributed by atoms with Crippen LogP contribution in [0, 0.1) is 0 Å². The minimum Gasteiger partial charge on any atom is -0.366 e. The van der Waals surface area contributed by atoms with E-state index in [0.717, 1.165) is 31.3 Å². The molecule has 2 nitrogen and oxygen atoms in total. The SMILES string of the molecule is CCCCC(CCCC)=C(C)C(N)=O. The van der Waals surface area contributed by atoms with Gasteiger partial charge >= 0.3 is 0 Å². The summed E-state index contributed by atoms with van der Waals surface area (Å²) in [5, 5.41) is 0. The molecular formula is C12H23NO. The molecule has 0 saturated heterocycles. The Bertz CT molecular complexity index is 196. The Morgan fingerprint density at radius 3 is 1.79 bits per heavy atom. The highest BCUT2D eigenvalue weighted by atomic mass is 16.1. The molecule has 0 aliphatic rings. The summed E-state index contributed by atoms with van der Waals surface area (Å²) in [6.45, 7) is 6.18. The summed E-state index contributed by atoms with van der Waals surface area (Å²) in [5.41, 5.74) is 7.33. The fourth-order valence-corrected chi connectivity index (χ4v) is 1.45. The molecule has 0 spiro atoms. The van der Waals surface area contributed by atoms with Crippen LogP contribution in [0.2, 0.25) is 0 Å². The Hall–Kier alpha value is -0.790. The summed E-state index contributed by atoms with van der Waals surface area (Å²) in [4.78, 5) is 11.0. The molecule has 0 atom stereocenters. The first-order valence-corrected chi connectivity index (χ1v) is 5.61. The van der Waals surface area contributed by atoms with Gasteiger partial charge in [-0.2, -0.15) is 0 Å². The second-order valence-corrected chi connectivity index (χ2v) is 3.80. The third-order valence-corrected chi connectivity index (χ3v) is 2.56. The van der Waals surface area contributed by atoms with E-state index >= 15 is 0 Å². The average molecular weight is 197 g/mol. The molecule has 14 heavy (non-hydrogen) atoms. The molecule has 0 bridgehead atoms. The quantitative estimate of drug-likeness (QED) is 0.626. The van der Waals surface area contributed by atoms with Crippen molar-refractivity contribution in [2.45, 2.75) is 59.3 Å². The Labute approximate surface area is 87.6 Å². The average Bonchev–Trinajstić information content (AvgIpc) is 2.17. The van der Waals surface area contributed by atoms with Gasteiger partial charge in [-0.25, -0.2) is 0 Å². The normalized spacial score (nSPS) is 9.93. The van der Waals surface area contributed by atoms with Gasteiger partial charge in [-0.05, 0) is 32.6 Å². The molecule has 82 valence electrons. The van der Waals surface area contributed by atoms with Crippen molar-refractivity contribution in [3.8, 4) is 0 Å². The van der Waals surface area contributed by atoms with Crippen LogP contribution in [0.15, 0.2) is 11.1 Å². The molecular weight excluding hydrogens is 174 g/mol. The molecule has 0 radical (unpaired) electrons. The van der Waals surface area contributed by atoms with Crippen molar-refractivity contribution in [1.29, 1.82) is 0 Å². The second-order valence-electron chi connectivity index (χ2n) is 3.80. The smallest absolute Gasteiger partial charge is 0.244 e. The fraction of sp³-hybridized carbons (Fsp3) is 0.750. The minimum atomic E-state index is -0.257. The molecule has 0 aromatic carbocycles. The number of hydrogen-bond donors (Lipinski definition) is 1. The Balaban J connectivity index is 4.35. The van der Waals surface area contributed by atoms with Crippen LogP contribution < -0.4 is 5.73 Å². The van der Waals surface area contributed by atoms with E-state index in [-0.39, 0.29) is 5.91 Å². The third kappa shape index (κ3) is 5.05. The van der Waals surface area contributed by atoms with Crippen LogP contribution in [0.4, 0.5) is 0 Å². The zero-order chi connectivity index (χ0) is 11.0. The lowest BCUT2D eigenvalue weighted by Crippen LogP contribution is -2.14. The first-order chi connectivity index (χ1) is 6.63. The topological polar surface area (TPSA) is 43.1 Å². The van der Waals surface area contributed by atoms with Gasteiger partial charge in [0.2, 0.25) is 5.91 Å². The van der Waals surface area contributed by atoms with Crippen LogP contribution in [0.1, 0.15) is 59.3 Å². The maximum atomic E-state index is 11.0. The Morgan fingerprint density at radius 2 is 1.50 bits per heavy atom. The number of nitrogens with two attached hydrogens (primary N) is 1. The maximum absolute atomic E-state index is 11.0. The summed E-state index contributed by atoms with van der Waals surface area (Å²) in [6, 6.07) is 0. The van der Waals surface area contributed by atoms with Crippen LogP contribution in [0.25, 0.3) is 0 Å². The lowest BCUT2D eigenvalue weighted by atomic mass is 9.97. The molecule has 0 saturated carbocycles. The second kappa shape index (κ2) is 7.60. The number of hydrogen-bond acceptors (Lipinski definition) is 1. The van der Waals surface area contributed by atoms with E-state index < -0.39 is 0 Å². The van der Waals surface area contributed by atoms with E-state index in [2.05, 4.69) is 13.8 Å². The summed E-state index contributed by atoms with van der Waals surface area (Å²) in [6.07, 6.45) is 6.72. The molecule has 0 aromatic rings. The summed E-state index contributed by atoms with van der Waals surface area (Å²) < 4.78 is 0. The van der Waals surface area contributed by atoms with Crippen LogP contribution in [0.5, 0.6) is 0 Å². The number of carbonyl (C=O) groups is 1. The van der Waals surface area contributed by atoms with E-state index in [0.29, 0.717) is 0 Å². The van der Waals surface area contributed by atoms with Crippen molar-refractivity contribution in [3.05, 3.63) is 11.1 Å². The summed E-state index contributed by atoms with van der Waals surface area (Å²) in [7, 11) is 0. The lowest BCUT2D eigenvalue weighted by molar-refractivity contribution is -0.114. The summed E-state index contributed by atoms with van der Waals surface area (Å²) >= 11 is 0. The van der Waals surface area contributed by atoms with Crippen molar-refractivity contribution in [1.82, 2.24) is 0 Å². The predicted molar refractivity (Wildman–Crippen MR) is 60.9 cm³/mol. The zero-order valence-electron chi connectivity index (χ0n) is 9.73. The Kier molecular flexibility index (Phi) is 7.17. The van der Waals surface area contributed by atoms with Crippen LogP contribution in [-0.4, -0.2) is 5.91 Å². The highest BCUT2D eigenvalue weighted by molar-refractivity contribution is 5.92. The molecule has 0 unspecified atom stereocenters. The molecule has 0 fully saturated rings. The monoisotopic (exact) mass is 197 g/mol. The zero-order valence-corrected chi connectivity index (χ0v) is 9.73. The van der Waals surface area contributed by atoms with E-state index in [9.17, 15) is 4.79 Å². The van der Waals surface area contributed by atoms with Gasteiger partial charge in [-0.1, -0.05) is 32.3 Å². The highest BCUT2D eigenvalue weighted by Gasteiger charge is 2.06. The maximum Gasteiger partial charge on any atom is 0.244 e. The van der Waals surface area contributed by atoms with Gasteiger partial charge in [0.05, 0.1) is 0 Å². The van der Waals surface area contributed by atoms with Crippen molar-refractivity contribution in [3.63, 3.8) is 0 Å². The first-order valence-electron chi connectivity index (χ1n) is 5.61. The fourth-order valence-electron chi connectivity index (χ4n) is 1.45. The molecule has 2 N–H and O–H groups in total. The molecule has 1 amide bonds. The number of rotatable bonds is 7. The number of amides is 1. The lowest BCUT2D eigenvalue weighted by Gasteiger charge is -2.09. The largest absolute Gasteiger partial charge is 0.366 e. The molecule has 0 heterocycles. The number of primary amides is 1. The van der Waals surface area contributed by atoms with E-state index in [1.165, 1.54) is 18.4 Å². The number of unbranched alkanes of at least 4 members (excludes halogenated alkanes) is 2. The van der Waals surface area contributed by atoms with E-state index in [4.69, 9.17) is 5.73 Å². The summed E-state index contributed by atoms with van der Waals surface area (Å²) in [5.74, 6) is -0.257. The molecule has 0 aliphatic carbocycles. The van der Waals surface area contributed by atoms with Crippen LogP contribution >= 0.6 is 0 Å². The Morgan fingerprint density at radius 1 is 1.07 bits per heavy atom. The van der Waals surface area contributed by atoms with Crippen LogP contribution in [0.3, 0.4) is 0 Å². The van der Waals surface area contributed by atoms with Crippen molar-refractivity contribution < 1.29 is 4.79 Å².